The van der Waals surface area contributed by atoms with E-state index < -0.39 is 0 Å². The number of hydrogen-bond donors (Lipinski definition) is 0. The summed E-state index contributed by atoms with van der Waals surface area (Å²) < 4.78 is 6.24. The molecule has 0 unspecified atom stereocenters. The van der Waals surface area contributed by atoms with E-state index in [4.69, 9.17) is 4.42 Å². The molecule has 0 spiro atoms. The Labute approximate surface area is 113 Å². The van der Waals surface area contributed by atoms with Crippen molar-refractivity contribution in [3.63, 3.8) is 0 Å². The predicted molar refractivity (Wildman–Crippen MR) is 70.6 cm³/mol. The molecule has 2 aromatic rings. The zero-order valence-electron chi connectivity index (χ0n) is 10.1. The van der Waals surface area contributed by atoms with Crippen molar-refractivity contribution in [2.75, 3.05) is 12.8 Å². The van der Waals surface area contributed by atoms with Gasteiger partial charge in [0.15, 0.2) is 4.34 Å². The highest BCUT2D eigenvalue weighted by molar-refractivity contribution is 8.01. The normalized spacial score (nSPS) is 10.6. The van der Waals surface area contributed by atoms with Crippen LogP contribution in [0.5, 0.6) is 0 Å². The second-order valence-corrected chi connectivity index (χ2v) is 5.81. The van der Waals surface area contributed by atoms with E-state index in [1.807, 2.05) is 19.1 Å². The van der Waals surface area contributed by atoms with Crippen molar-refractivity contribution in [1.82, 2.24) is 15.1 Å². The van der Waals surface area contributed by atoms with E-state index in [1.54, 1.807) is 17.5 Å². The molecule has 0 aliphatic carbocycles. The van der Waals surface area contributed by atoms with E-state index >= 15 is 0 Å². The Balaban J connectivity index is 1.81. The van der Waals surface area contributed by atoms with Gasteiger partial charge in [-0.05, 0) is 19.1 Å². The van der Waals surface area contributed by atoms with Crippen molar-refractivity contribution < 1.29 is 9.21 Å². The molecule has 5 nitrogen and oxygen atoms in total. The maximum Gasteiger partial charge on any atom is 0.233 e. The number of carbonyl (C=O) groups is 1. The first-order valence-corrected chi connectivity index (χ1v) is 7.20. The number of hydrogen-bond acceptors (Lipinski definition) is 6. The zero-order valence-corrected chi connectivity index (χ0v) is 11.8. The average molecular weight is 283 g/mol. The quantitative estimate of drug-likeness (QED) is 0.787. The lowest BCUT2D eigenvalue weighted by molar-refractivity contribution is -0.127. The summed E-state index contributed by atoms with van der Waals surface area (Å²) in [5.74, 6) is 2.06. The minimum absolute atomic E-state index is 0.0456. The van der Waals surface area contributed by atoms with Crippen LogP contribution in [0.25, 0.3) is 0 Å². The Kier molecular flexibility index (Phi) is 4.38. The molecule has 2 heterocycles. The fourth-order valence-electron chi connectivity index (χ4n) is 1.35. The summed E-state index contributed by atoms with van der Waals surface area (Å²) in [6, 6.07) is 3.78. The lowest BCUT2D eigenvalue weighted by atomic mass is 10.4. The summed E-state index contributed by atoms with van der Waals surface area (Å²) in [5, 5.41) is 7.60. The summed E-state index contributed by atoms with van der Waals surface area (Å²) in [6.07, 6.45) is 0. The van der Waals surface area contributed by atoms with Gasteiger partial charge in [0.1, 0.15) is 17.0 Å². The molecule has 0 saturated carbocycles. The second kappa shape index (κ2) is 6.01. The highest BCUT2D eigenvalue weighted by Gasteiger charge is 2.12. The van der Waals surface area contributed by atoms with Crippen molar-refractivity contribution >= 4 is 29.0 Å². The molecule has 0 N–H and O–H groups in total. The molecule has 1 amide bonds. The molecule has 96 valence electrons. The third-order valence-corrected chi connectivity index (χ3v) is 4.12. The van der Waals surface area contributed by atoms with E-state index in [0.29, 0.717) is 12.3 Å². The molecule has 2 rings (SSSR count). The van der Waals surface area contributed by atoms with Crippen LogP contribution in [0.3, 0.4) is 0 Å². The van der Waals surface area contributed by atoms with Crippen LogP contribution in [0.4, 0.5) is 0 Å². The number of carbonyl (C=O) groups excluding carboxylic acids is 1. The predicted octanol–water partition coefficient (Wildman–Crippen LogP) is 2.19. The molecule has 0 fully saturated rings. The van der Waals surface area contributed by atoms with Crippen molar-refractivity contribution in [2.45, 2.75) is 17.8 Å². The van der Waals surface area contributed by atoms with Crippen LogP contribution in [-0.4, -0.2) is 33.8 Å². The SMILES string of the molecule is Cc1ccc(CN(C)C(=O)CSc2nncs2)o1. The van der Waals surface area contributed by atoms with Crippen LogP contribution < -0.4 is 0 Å². The van der Waals surface area contributed by atoms with Crippen LogP contribution in [-0.2, 0) is 11.3 Å². The Bertz CT molecular complexity index is 510. The number of aryl methyl sites for hydroxylation is 1. The van der Waals surface area contributed by atoms with Crippen molar-refractivity contribution in [3.05, 3.63) is 29.2 Å². The first-order valence-electron chi connectivity index (χ1n) is 5.33. The summed E-state index contributed by atoms with van der Waals surface area (Å²) in [4.78, 5) is 13.5. The number of furan rings is 1. The molecule has 0 aliphatic heterocycles. The molecule has 18 heavy (non-hydrogen) atoms. The van der Waals surface area contributed by atoms with Crippen LogP contribution in [0.2, 0.25) is 0 Å². The molecule has 2 aromatic heterocycles. The summed E-state index contributed by atoms with van der Waals surface area (Å²) >= 11 is 2.84. The van der Waals surface area contributed by atoms with Crippen LogP contribution >= 0.6 is 23.1 Å². The lowest BCUT2D eigenvalue weighted by Gasteiger charge is -2.14. The van der Waals surface area contributed by atoms with E-state index in [9.17, 15) is 4.79 Å². The molecule has 0 atom stereocenters. The fourth-order valence-corrected chi connectivity index (χ4v) is 2.78. The monoisotopic (exact) mass is 283 g/mol. The molecule has 0 bridgehead atoms. The first kappa shape index (κ1) is 13.1. The third kappa shape index (κ3) is 3.58. The maximum absolute atomic E-state index is 11.9. The average Bonchev–Trinajstić information content (AvgIpc) is 2.97. The van der Waals surface area contributed by atoms with Crippen LogP contribution in [0, 0.1) is 6.92 Å². The van der Waals surface area contributed by atoms with E-state index in [-0.39, 0.29) is 5.91 Å². The molecule has 0 radical (unpaired) electrons. The van der Waals surface area contributed by atoms with Gasteiger partial charge in [0.2, 0.25) is 5.91 Å². The number of thioether (sulfide) groups is 1. The topological polar surface area (TPSA) is 59.2 Å². The molecule has 0 saturated heterocycles. The lowest BCUT2D eigenvalue weighted by Crippen LogP contribution is -2.27. The number of amides is 1. The van der Waals surface area contributed by atoms with Gasteiger partial charge >= 0.3 is 0 Å². The highest BCUT2D eigenvalue weighted by Crippen LogP contribution is 2.19. The van der Waals surface area contributed by atoms with Crippen molar-refractivity contribution in [3.8, 4) is 0 Å². The number of rotatable bonds is 5. The second-order valence-electron chi connectivity index (χ2n) is 3.76. The van der Waals surface area contributed by atoms with Gasteiger partial charge < -0.3 is 9.32 Å². The van der Waals surface area contributed by atoms with Crippen molar-refractivity contribution in [1.29, 1.82) is 0 Å². The van der Waals surface area contributed by atoms with E-state index in [0.717, 1.165) is 15.9 Å². The molecule has 0 aromatic carbocycles. The number of nitrogens with zero attached hydrogens (tertiary/aromatic N) is 3. The van der Waals surface area contributed by atoms with Gasteiger partial charge in [0.25, 0.3) is 0 Å². The first-order chi connectivity index (χ1) is 8.65. The minimum atomic E-state index is 0.0456. The van der Waals surface area contributed by atoms with E-state index in [2.05, 4.69) is 10.2 Å². The Hall–Kier alpha value is -1.34. The smallest absolute Gasteiger partial charge is 0.233 e. The molecular formula is C11H13N3O2S2. The van der Waals surface area contributed by atoms with Crippen molar-refractivity contribution in [2.24, 2.45) is 0 Å². The van der Waals surface area contributed by atoms with Crippen LogP contribution in [0.1, 0.15) is 11.5 Å². The Morgan fingerprint density at radius 3 is 3.00 bits per heavy atom. The van der Waals surface area contributed by atoms with Gasteiger partial charge in [-0.2, -0.15) is 0 Å². The summed E-state index contributed by atoms with van der Waals surface area (Å²) in [7, 11) is 1.76. The fraction of sp³-hybridized carbons (Fsp3) is 0.364. The standard InChI is InChI=1S/C11H13N3O2S2/c1-8-3-4-9(16-8)5-14(2)10(15)6-17-11-13-12-7-18-11/h3-4,7H,5-6H2,1-2H3. The third-order valence-electron chi connectivity index (χ3n) is 2.27. The number of aromatic nitrogens is 2. The maximum atomic E-state index is 11.9. The van der Waals surface area contributed by atoms with Crippen LogP contribution in [0.15, 0.2) is 26.4 Å². The van der Waals surface area contributed by atoms with Gasteiger partial charge in [-0.1, -0.05) is 23.1 Å². The Morgan fingerprint density at radius 2 is 2.39 bits per heavy atom. The molecular weight excluding hydrogens is 270 g/mol. The van der Waals surface area contributed by atoms with Gasteiger partial charge in [-0.25, -0.2) is 0 Å². The van der Waals surface area contributed by atoms with Gasteiger partial charge in [-0.3, -0.25) is 4.79 Å². The molecule has 0 aliphatic rings. The zero-order chi connectivity index (χ0) is 13.0. The summed E-state index contributed by atoms with van der Waals surface area (Å²) in [6.45, 7) is 2.37. The van der Waals surface area contributed by atoms with Gasteiger partial charge in [0, 0.05) is 7.05 Å². The summed E-state index contributed by atoms with van der Waals surface area (Å²) in [5.41, 5.74) is 1.65. The minimum Gasteiger partial charge on any atom is -0.464 e. The largest absolute Gasteiger partial charge is 0.464 e. The Morgan fingerprint density at radius 1 is 1.56 bits per heavy atom. The van der Waals surface area contributed by atoms with E-state index in [1.165, 1.54) is 23.1 Å². The van der Waals surface area contributed by atoms with Gasteiger partial charge in [-0.15, -0.1) is 10.2 Å². The highest BCUT2D eigenvalue weighted by atomic mass is 32.2. The molecule has 7 heteroatoms. The van der Waals surface area contributed by atoms with Gasteiger partial charge in [0.05, 0.1) is 12.3 Å².